The molecule has 1 aromatic carbocycles. The van der Waals surface area contributed by atoms with E-state index in [4.69, 9.17) is 10.5 Å². The summed E-state index contributed by atoms with van der Waals surface area (Å²) < 4.78 is 5.48. The molecular formula is C17H26N2O. The Morgan fingerprint density at radius 1 is 1.15 bits per heavy atom. The monoisotopic (exact) mass is 274 g/mol. The molecule has 0 unspecified atom stereocenters. The van der Waals surface area contributed by atoms with E-state index in [0.29, 0.717) is 12.0 Å². The lowest BCUT2D eigenvalue weighted by Crippen LogP contribution is -2.58. The summed E-state index contributed by atoms with van der Waals surface area (Å²) >= 11 is 0. The summed E-state index contributed by atoms with van der Waals surface area (Å²) in [5.41, 5.74) is 9.11. The molecule has 110 valence electrons. The molecule has 0 aliphatic carbocycles. The van der Waals surface area contributed by atoms with Crippen LogP contribution in [-0.4, -0.2) is 32.8 Å². The third-order valence-corrected chi connectivity index (χ3v) is 5.13. The van der Waals surface area contributed by atoms with Crippen LogP contribution in [-0.2, 0) is 10.2 Å². The van der Waals surface area contributed by atoms with Gasteiger partial charge >= 0.3 is 0 Å². The maximum absolute atomic E-state index is 5.84. The van der Waals surface area contributed by atoms with Gasteiger partial charge in [-0.25, -0.2) is 0 Å². The first-order valence-corrected chi connectivity index (χ1v) is 7.68. The predicted octanol–water partition coefficient (Wildman–Crippen LogP) is 2.54. The molecule has 1 aromatic rings. The molecule has 2 aliphatic rings. The highest BCUT2D eigenvalue weighted by molar-refractivity contribution is 5.51. The van der Waals surface area contributed by atoms with Crippen molar-refractivity contribution in [1.82, 2.24) is 0 Å². The van der Waals surface area contributed by atoms with E-state index in [9.17, 15) is 0 Å². The standard InChI is InChI=1S/C17H26N2O/c1-16(2,11-18)14-3-5-15(6-4-14)19-12-17(13-19)7-9-20-10-8-17/h3-6H,7-13,18H2,1-2H3. The molecular weight excluding hydrogens is 248 g/mol. The molecule has 0 aromatic heterocycles. The van der Waals surface area contributed by atoms with Crippen molar-refractivity contribution in [2.24, 2.45) is 11.1 Å². The van der Waals surface area contributed by atoms with Crippen molar-refractivity contribution in [3.8, 4) is 0 Å². The third kappa shape index (κ3) is 2.45. The lowest BCUT2D eigenvalue weighted by Gasteiger charge is -2.53. The minimum absolute atomic E-state index is 0.0649. The van der Waals surface area contributed by atoms with Gasteiger partial charge in [0.15, 0.2) is 0 Å². The Kier molecular flexibility index (Phi) is 3.51. The van der Waals surface area contributed by atoms with Gasteiger partial charge in [-0.05, 0) is 30.5 Å². The van der Waals surface area contributed by atoms with Crippen LogP contribution >= 0.6 is 0 Å². The normalized spacial score (nSPS) is 21.9. The zero-order valence-corrected chi connectivity index (χ0v) is 12.7. The minimum atomic E-state index is 0.0649. The van der Waals surface area contributed by atoms with Crippen molar-refractivity contribution in [1.29, 1.82) is 0 Å². The molecule has 2 heterocycles. The Morgan fingerprint density at radius 3 is 2.30 bits per heavy atom. The first-order chi connectivity index (χ1) is 9.55. The summed E-state index contributed by atoms with van der Waals surface area (Å²) in [6.07, 6.45) is 2.45. The number of nitrogens with zero attached hydrogens (tertiary/aromatic N) is 1. The third-order valence-electron chi connectivity index (χ3n) is 5.13. The van der Waals surface area contributed by atoms with Crippen LogP contribution in [0.2, 0.25) is 0 Å². The first-order valence-electron chi connectivity index (χ1n) is 7.68. The summed E-state index contributed by atoms with van der Waals surface area (Å²) in [6.45, 7) is 9.34. The Hall–Kier alpha value is -1.06. The van der Waals surface area contributed by atoms with Crippen molar-refractivity contribution in [2.75, 3.05) is 37.7 Å². The summed E-state index contributed by atoms with van der Waals surface area (Å²) in [5, 5.41) is 0. The van der Waals surface area contributed by atoms with Crippen LogP contribution in [0.4, 0.5) is 5.69 Å². The van der Waals surface area contributed by atoms with E-state index in [1.165, 1.54) is 37.2 Å². The second kappa shape index (κ2) is 5.05. The number of benzene rings is 1. The van der Waals surface area contributed by atoms with Crippen LogP contribution in [0.5, 0.6) is 0 Å². The zero-order chi connectivity index (χ0) is 14.2. The molecule has 2 aliphatic heterocycles. The van der Waals surface area contributed by atoms with Crippen LogP contribution in [0.25, 0.3) is 0 Å². The Balaban J connectivity index is 1.65. The maximum atomic E-state index is 5.84. The smallest absolute Gasteiger partial charge is 0.0472 e. The molecule has 0 radical (unpaired) electrons. The van der Waals surface area contributed by atoms with Crippen molar-refractivity contribution in [2.45, 2.75) is 32.1 Å². The fraction of sp³-hybridized carbons (Fsp3) is 0.647. The van der Waals surface area contributed by atoms with E-state index < -0.39 is 0 Å². The van der Waals surface area contributed by atoms with Crippen LogP contribution in [0.15, 0.2) is 24.3 Å². The second-order valence-electron chi connectivity index (χ2n) is 7.10. The van der Waals surface area contributed by atoms with Gasteiger partial charge in [-0.1, -0.05) is 26.0 Å². The van der Waals surface area contributed by atoms with E-state index in [1.807, 2.05) is 0 Å². The highest BCUT2D eigenvalue weighted by Gasteiger charge is 2.43. The Bertz CT molecular complexity index is 452. The average molecular weight is 274 g/mol. The molecule has 20 heavy (non-hydrogen) atoms. The minimum Gasteiger partial charge on any atom is -0.381 e. The largest absolute Gasteiger partial charge is 0.381 e. The SMILES string of the molecule is CC(C)(CN)c1ccc(N2CC3(CCOCC3)C2)cc1. The average Bonchev–Trinajstić information content (AvgIpc) is 2.46. The van der Waals surface area contributed by atoms with Gasteiger partial charge in [0, 0.05) is 49.4 Å². The molecule has 3 heteroatoms. The molecule has 2 N–H and O–H groups in total. The van der Waals surface area contributed by atoms with Gasteiger partial charge in [0.25, 0.3) is 0 Å². The molecule has 2 fully saturated rings. The van der Waals surface area contributed by atoms with Crippen LogP contribution in [0.1, 0.15) is 32.3 Å². The maximum Gasteiger partial charge on any atom is 0.0472 e. The molecule has 0 amide bonds. The number of nitrogens with two attached hydrogens (primary N) is 1. The highest BCUT2D eigenvalue weighted by atomic mass is 16.5. The number of anilines is 1. The molecule has 0 bridgehead atoms. The lowest BCUT2D eigenvalue weighted by molar-refractivity contribution is -0.000192. The van der Waals surface area contributed by atoms with Crippen LogP contribution in [0, 0.1) is 5.41 Å². The van der Waals surface area contributed by atoms with Crippen molar-refractivity contribution in [3.05, 3.63) is 29.8 Å². The van der Waals surface area contributed by atoms with Crippen molar-refractivity contribution < 1.29 is 4.74 Å². The van der Waals surface area contributed by atoms with Gasteiger partial charge in [-0.15, -0.1) is 0 Å². The summed E-state index contributed by atoms with van der Waals surface area (Å²) in [5.74, 6) is 0. The Labute approximate surface area is 122 Å². The van der Waals surface area contributed by atoms with Crippen LogP contribution in [0.3, 0.4) is 0 Å². The predicted molar refractivity (Wildman–Crippen MR) is 83.2 cm³/mol. The van der Waals surface area contributed by atoms with Crippen molar-refractivity contribution >= 4 is 5.69 Å². The molecule has 3 rings (SSSR count). The van der Waals surface area contributed by atoms with Crippen LogP contribution < -0.4 is 10.6 Å². The summed E-state index contributed by atoms with van der Waals surface area (Å²) in [6, 6.07) is 8.96. The van der Waals surface area contributed by atoms with E-state index in [-0.39, 0.29) is 5.41 Å². The van der Waals surface area contributed by atoms with E-state index >= 15 is 0 Å². The number of ether oxygens (including phenoxy) is 1. The van der Waals surface area contributed by atoms with Crippen molar-refractivity contribution in [3.63, 3.8) is 0 Å². The number of hydrogen-bond acceptors (Lipinski definition) is 3. The van der Waals surface area contributed by atoms with Gasteiger partial charge < -0.3 is 15.4 Å². The number of rotatable bonds is 3. The lowest BCUT2D eigenvalue weighted by atomic mass is 9.73. The molecule has 1 spiro atoms. The summed E-state index contributed by atoms with van der Waals surface area (Å²) in [7, 11) is 0. The fourth-order valence-corrected chi connectivity index (χ4v) is 3.31. The first kappa shape index (κ1) is 13.9. The van der Waals surface area contributed by atoms with Gasteiger partial charge in [0.05, 0.1) is 0 Å². The highest BCUT2D eigenvalue weighted by Crippen LogP contribution is 2.42. The molecule has 3 nitrogen and oxygen atoms in total. The molecule has 0 saturated carbocycles. The molecule has 0 atom stereocenters. The topological polar surface area (TPSA) is 38.5 Å². The van der Waals surface area contributed by atoms with Gasteiger partial charge in [-0.2, -0.15) is 0 Å². The number of hydrogen-bond donors (Lipinski definition) is 1. The van der Waals surface area contributed by atoms with E-state index in [1.54, 1.807) is 0 Å². The van der Waals surface area contributed by atoms with Gasteiger partial charge in [-0.3, -0.25) is 0 Å². The fourth-order valence-electron chi connectivity index (χ4n) is 3.31. The van der Waals surface area contributed by atoms with Gasteiger partial charge in [0.2, 0.25) is 0 Å². The summed E-state index contributed by atoms with van der Waals surface area (Å²) in [4.78, 5) is 2.49. The second-order valence-corrected chi connectivity index (χ2v) is 7.10. The zero-order valence-electron chi connectivity index (χ0n) is 12.7. The van der Waals surface area contributed by atoms with Gasteiger partial charge in [0.1, 0.15) is 0 Å². The quantitative estimate of drug-likeness (QED) is 0.920. The Morgan fingerprint density at radius 2 is 1.75 bits per heavy atom. The molecule has 2 saturated heterocycles. The van der Waals surface area contributed by atoms with E-state index in [0.717, 1.165) is 13.2 Å². The van der Waals surface area contributed by atoms with E-state index in [2.05, 4.69) is 43.0 Å².